The first-order valence-electron chi connectivity index (χ1n) is 7.88. The highest BCUT2D eigenvalue weighted by molar-refractivity contribution is 6.32. The molecule has 4 N–H and O–H groups in total. The van der Waals surface area contributed by atoms with E-state index in [-0.39, 0.29) is 29.7 Å². The molecule has 1 aromatic carbocycles. The number of aliphatic hydroxyl groups is 1. The first-order valence-corrected chi connectivity index (χ1v) is 8.63. The molecular weight excluding hydrogens is 359 g/mol. The summed E-state index contributed by atoms with van der Waals surface area (Å²) in [7, 11) is 0. The van der Waals surface area contributed by atoms with Crippen molar-refractivity contribution >= 4 is 47.1 Å². The van der Waals surface area contributed by atoms with Crippen LogP contribution in [0.25, 0.3) is 12.2 Å². The van der Waals surface area contributed by atoms with Crippen LogP contribution in [0.3, 0.4) is 0 Å². The van der Waals surface area contributed by atoms with Crippen molar-refractivity contribution in [2.75, 3.05) is 17.7 Å². The van der Waals surface area contributed by atoms with Gasteiger partial charge in [-0.2, -0.15) is 4.98 Å². The summed E-state index contributed by atoms with van der Waals surface area (Å²) in [6.45, 7) is 0.126. The molecule has 0 spiro atoms. The summed E-state index contributed by atoms with van der Waals surface area (Å²) in [5.41, 5.74) is 7.24. The Kier molecular flexibility index (Phi) is 5.58. The smallest absolute Gasteiger partial charge is 0.223 e. The zero-order chi connectivity index (χ0) is 17.8. The predicted molar refractivity (Wildman–Crippen MR) is 104 cm³/mol. The van der Waals surface area contributed by atoms with Crippen molar-refractivity contribution in [3.63, 3.8) is 0 Å². The number of halogens is 2. The van der Waals surface area contributed by atoms with Gasteiger partial charge in [-0.25, -0.2) is 4.98 Å². The number of hydrogen-bond acceptors (Lipinski definition) is 5. The second-order valence-corrected chi connectivity index (χ2v) is 6.57. The van der Waals surface area contributed by atoms with E-state index < -0.39 is 0 Å². The Bertz CT molecular complexity index is 823. The molecule has 2 aromatic rings. The van der Waals surface area contributed by atoms with E-state index in [2.05, 4.69) is 15.3 Å². The zero-order valence-corrected chi connectivity index (χ0v) is 14.9. The molecule has 0 aliphatic heterocycles. The van der Waals surface area contributed by atoms with Crippen LogP contribution in [0.4, 0.5) is 11.8 Å². The predicted octanol–water partition coefficient (Wildman–Crippen LogP) is 3.88. The molecule has 2 atom stereocenters. The Labute approximate surface area is 156 Å². The molecule has 1 aliphatic carbocycles. The first kappa shape index (κ1) is 17.7. The van der Waals surface area contributed by atoms with E-state index in [1.54, 1.807) is 0 Å². The lowest BCUT2D eigenvalue weighted by Crippen LogP contribution is -2.19. The van der Waals surface area contributed by atoms with Crippen LogP contribution in [0, 0.1) is 5.92 Å². The molecule has 25 heavy (non-hydrogen) atoms. The molecule has 1 heterocycles. The Morgan fingerprint density at radius 2 is 2.00 bits per heavy atom. The summed E-state index contributed by atoms with van der Waals surface area (Å²) < 4.78 is 0. The fraction of sp³-hybridized carbons (Fsp3) is 0.222. The lowest BCUT2D eigenvalue weighted by molar-refractivity contribution is 0.250. The van der Waals surface area contributed by atoms with E-state index in [4.69, 9.17) is 28.9 Å². The van der Waals surface area contributed by atoms with Gasteiger partial charge in [0.1, 0.15) is 11.0 Å². The number of nitrogen functional groups attached to an aromatic ring is 1. The van der Waals surface area contributed by atoms with Crippen molar-refractivity contribution in [3.8, 4) is 0 Å². The number of hydrogen-bond donors (Lipinski definition) is 3. The van der Waals surface area contributed by atoms with Gasteiger partial charge in [0, 0.05) is 23.6 Å². The van der Waals surface area contributed by atoms with E-state index in [1.807, 2.05) is 48.6 Å². The number of aromatic nitrogens is 2. The van der Waals surface area contributed by atoms with Crippen molar-refractivity contribution in [3.05, 3.63) is 57.7 Å². The molecular formula is C18H18Cl2N4O. The summed E-state index contributed by atoms with van der Waals surface area (Å²) >= 11 is 12.4. The standard InChI is InChI=1S/C18H18Cl2N4O/c19-15-4-2-1-3-12(15)6-8-14-16(20)23-18(21)24-17(14)22-13-7-5-11(9-13)10-25/h1-8,11,13,25H,9-10H2,(H3,21,22,23,24)/b8-6+/t11-,13+/m1/s1. The highest BCUT2D eigenvalue weighted by Crippen LogP contribution is 2.28. The minimum atomic E-state index is 0.0509. The quantitative estimate of drug-likeness (QED) is 0.544. The van der Waals surface area contributed by atoms with E-state index in [0.717, 1.165) is 12.0 Å². The highest BCUT2D eigenvalue weighted by atomic mass is 35.5. The van der Waals surface area contributed by atoms with E-state index in [1.165, 1.54) is 0 Å². The monoisotopic (exact) mass is 376 g/mol. The zero-order valence-electron chi connectivity index (χ0n) is 13.4. The molecule has 0 saturated heterocycles. The minimum absolute atomic E-state index is 0.0509. The van der Waals surface area contributed by atoms with Gasteiger partial charge < -0.3 is 16.2 Å². The first-order chi connectivity index (χ1) is 12.1. The summed E-state index contributed by atoms with van der Waals surface area (Å²) in [6, 6.07) is 7.55. The second-order valence-electron chi connectivity index (χ2n) is 5.80. The molecule has 0 unspecified atom stereocenters. The lowest BCUT2D eigenvalue weighted by Gasteiger charge is -2.16. The van der Waals surface area contributed by atoms with Crippen molar-refractivity contribution in [1.82, 2.24) is 9.97 Å². The van der Waals surface area contributed by atoms with Gasteiger partial charge >= 0.3 is 0 Å². The number of nitrogens with zero attached hydrogens (tertiary/aromatic N) is 2. The Balaban J connectivity index is 1.88. The van der Waals surface area contributed by atoms with Crippen LogP contribution in [0.15, 0.2) is 36.4 Å². The fourth-order valence-electron chi connectivity index (χ4n) is 2.69. The van der Waals surface area contributed by atoms with E-state index in [0.29, 0.717) is 16.4 Å². The van der Waals surface area contributed by atoms with Crippen LogP contribution in [-0.4, -0.2) is 27.7 Å². The third kappa shape index (κ3) is 4.31. The molecule has 7 heteroatoms. The number of benzene rings is 1. The maximum absolute atomic E-state index is 9.26. The minimum Gasteiger partial charge on any atom is -0.396 e. The summed E-state index contributed by atoms with van der Waals surface area (Å²) in [4.78, 5) is 8.30. The molecule has 0 fully saturated rings. The third-order valence-electron chi connectivity index (χ3n) is 3.98. The second kappa shape index (κ2) is 7.87. The summed E-state index contributed by atoms with van der Waals surface area (Å²) in [6.07, 6.45) is 8.45. The van der Waals surface area contributed by atoms with Gasteiger partial charge in [-0.05, 0) is 24.1 Å². The van der Waals surface area contributed by atoms with Gasteiger partial charge in [-0.15, -0.1) is 0 Å². The molecule has 1 aliphatic rings. The third-order valence-corrected chi connectivity index (χ3v) is 4.61. The topological polar surface area (TPSA) is 84.1 Å². The van der Waals surface area contributed by atoms with Gasteiger partial charge in [-0.3, -0.25) is 0 Å². The Hall–Kier alpha value is -2.08. The SMILES string of the molecule is Nc1nc(Cl)c(/C=C/c2ccccc2Cl)c(N[C@H]2C=C[C@@H](CO)C2)n1. The molecule has 0 bridgehead atoms. The molecule has 3 rings (SSSR count). The number of aliphatic hydroxyl groups excluding tert-OH is 1. The van der Waals surface area contributed by atoms with Crippen LogP contribution >= 0.6 is 23.2 Å². The summed E-state index contributed by atoms with van der Waals surface area (Å²) in [5, 5.41) is 13.5. The molecule has 1 aromatic heterocycles. The van der Waals surface area contributed by atoms with Crippen LogP contribution in [-0.2, 0) is 0 Å². The van der Waals surface area contributed by atoms with Crippen LogP contribution in [0.1, 0.15) is 17.5 Å². The Morgan fingerprint density at radius 3 is 2.72 bits per heavy atom. The average molecular weight is 377 g/mol. The lowest BCUT2D eigenvalue weighted by atomic mass is 10.1. The van der Waals surface area contributed by atoms with Gasteiger partial charge in [0.15, 0.2) is 0 Å². The number of nitrogens with one attached hydrogen (secondary N) is 1. The van der Waals surface area contributed by atoms with Gasteiger partial charge in [-0.1, -0.05) is 59.6 Å². The molecule has 130 valence electrons. The number of anilines is 2. The molecule has 0 radical (unpaired) electrons. The van der Waals surface area contributed by atoms with Crippen LogP contribution < -0.4 is 11.1 Å². The van der Waals surface area contributed by atoms with Crippen molar-refractivity contribution in [2.24, 2.45) is 5.92 Å². The van der Waals surface area contributed by atoms with Crippen molar-refractivity contribution in [2.45, 2.75) is 12.5 Å². The molecule has 0 amide bonds. The van der Waals surface area contributed by atoms with E-state index >= 15 is 0 Å². The largest absolute Gasteiger partial charge is 0.396 e. The van der Waals surface area contributed by atoms with Gasteiger partial charge in [0.25, 0.3) is 0 Å². The van der Waals surface area contributed by atoms with Crippen molar-refractivity contribution in [1.29, 1.82) is 0 Å². The van der Waals surface area contributed by atoms with Crippen molar-refractivity contribution < 1.29 is 5.11 Å². The van der Waals surface area contributed by atoms with Crippen LogP contribution in [0.2, 0.25) is 10.2 Å². The summed E-state index contributed by atoms with van der Waals surface area (Å²) in [5.74, 6) is 0.798. The normalized spacial score (nSPS) is 19.6. The van der Waals surface area contributed by atoms with Gasteiger partial charge in [0.05, 0.1) is 5.56 Å². The van der Waals surface area contributed by atoms with Gasteiger partial charge in [0.2, 0.25) is 5.95 Å². The highest BCUT2D eigenvalue weighted by Gasteiger charge is 2.20. The molecule has 5 nitrogen and oxygen atoms in total. The number of rotatable bonds is 5. The van der Waals surface area contributed by atoms with E-state index in [9.17, 15) is 5.11 Å². The molecule has 0 saturated carbocycles. The average Bonchev–Trinajstić information content (AvgIpc) is 3.03. The fourth-order valence-corrected chi connectivity index (χ4v) is 3.13. The maximum atomic E-state index is 9.26. The Morgan fingerprint density at radius 1 is 1.20 bits per heavy atom. The maximum Gasteiger partial charge on any atom is 0.223 e. The number of nitrogens with two attached hydrogens (primary N) is 1. The van der Waals surface area contributed by atoms with Crippen LogP contribution in [0.5, 0.6) is 0 Å².